The van der Waals surface area contributed by atoms with E-state index in [9.17, 15) is 4.79 Å². The van der Waals surface area contributed by atoms with Crippen LogP contribution in [0.25, 0.3) is 0 Å². The summed E-state index contributed by atoms with van der Waals surface area (Å²) in [7, 11) is 0. The van der Waals surface area contributed by atoms with E-state index in [1.807, 2.05) is 6.07 Å². The fourth-order valence-corrected chi connectivity index (χ4v) is 1.63. The van der Waals surface area contributed by atoms with Gasteiger partial charge in [-0.2, -0.15) is 0 Å². The van der Waals surface area contributed by atoms with E-state index in [0.717, 1.165) is 11.1 Å². The number of carboxylic acid groups (broad SMARTS) is 1. The smallest absolute Gasteiger partial charge is 0.335 e. The molecule has 0 saturated carbocycles. The largest absolute Gasteiger partial charge is 0.478 e. The Bertz CT molecular complexity index is 334. The van der Waals surface area contributed by atoms with Gasteiger partial charge < -0.3 is 5.11 Å². The third-order valence-electron chi connectivity index (χ3n) is 1.73. The van der Waals surface area contributed by atoms with E-state index in [-0.39, 0.29) is 3.74 Å². The van der Waals surface area contributed by atoms with Gasteiger partial charge in [0.1, 0.15) is 0 Å². The molecule has 0 radical (unpaired) electrons. The summed E-state index contributed by atoms with van der Waals surface area (Å²) in [5.74, 6) is -0.884. The number of aromatic carboxylic acids is 1. The van der Waals surface area contributed by atoms with Gasteiger partial charge in [0.2, 0.25) is 0 Å². The standard InChI is InChI=1S/C9H8Br2O2/c1-5-4-6(8(10)11)2-3-7(5)9(12)13/h2-4,8H,1H3,(H,12,13). The Kier molecular flexibility index (Phi) is 3.50. The number of alkyl halides is 2. The maximum absolute atomic E-state index is 10.7. The molecule has 1 aromatic rings. The molecule has 70 valence electrons. The van der Waals surface area contributed by atoms with Crippen molar-refractivity contribution in [3.05, 3.63) is 34.9 Å². The molecule has 0 heterocycles. The molecule has 0 unspecified atom stereocenters. The lowest BCUT2D eigenvalue weighted by atomic mass is 10.1. The van der Waals surface area contributed by atoms with Crippen molar-refractivity contribution < 1.29 is 9.90 Å². The summed E-state index contributed by atoms with van der Waals surface area (Å²) in [5.41, 5.74) is 2.14. The van der Waals surface area contributed by atoms with Crippen LogP contribution >= 0.6 is 31.9 Å². The number of aryl methyl sites for hydroxylation is 1. The molecule has 0 aliphatic carbocycles. The molecule has 1 rings (SSSR count). The fourth-order valence-electron chi connectivity index (χ4n) is 1.06. The van der Waals surface area contributed by atoms with Crippen molar-refractivity contribution in [2.24, 2.45) is 0 Å². The molecule has 0 saturated heterocycles. The number of hydrogen-bond acceptors (Lipinski definition) is 1. The van der Waals surface area contributed by atoms with Crippen molar-refractivity contribution in [3.63, 3.8) is 0 Å². The van der Waals surface area contributed by atoms with Crippen molar-refractivity contribution in [1.82, 2.24) is 0 Å². The van der Waals surface area contributed by atoms with Gasteiger partial charge in [0, 0.05) is 0 Å². The predicted octanol–water partition coefficient (Wildman–Crippen LogP) is 3.48. The van der Waals surface area contributed by atoms with Gasteiger partial charge in [-0.1, -0.05) is 44.0 Å². The molecular weight excluding hydrogens is 300 g/mol. The van der Waals surface area contributed by atoms with Gasteiger partial charge in [-0.3, -0.25) is 0 Å². The maximum Gasteiger partial charge on any atom is 0.335 e. The molecule has 1 aromatic carbocycles. The van der Waals surface area contributed by atoms with Crippen molar-refractivity contribution in [3.8, 4) is 0 Å². The zero-order valence-corrected chi connectivity index (χ0v) is 10.1. The van der Waals surface area contributed by atoms with Gasteiger partial charge in [0.05, 0.1) is 9.30 Å². The van der Waals surface area contributed by atoms with Crippen LogP contribution in [0.2, 0.25) is 0 Å². The lowest BCUT2D eigenvalue weighted by molar-refractivity contribution is 0.0696. The summed E-state index contributed by atoms with van der Waals surface area (Å²) >= 11 is 6.69. The highest BCUT2D eigenvalue weighted by molar-refractivity contribution is 9.24. The number of halogens is 2. The van der Waals surface area contributed by atoms with Gasteiger partial charge in [0.25, 0.3) is 0 Å². The van der Waals surface area contributed by atoms with E-state index < -0.39 is 5.97 Å². The lowest BCUT2D eigenvalue weighted by Gasteiger charge is -2.05. The zero-order valence-electron chi connectivity index (χ0n) is 6.92. The van der Waals surface area contributed by atoms with E-state index in [2.05, 4.69) is 31.9 Å². The highest BCUT2D eigenvalue weighted by atomic mass is 79.9. The molecule has 0 atom stereocenters. The zero-order chi connectivity index (χ0) is 10.0. The Morgan fingerprint density at radius 1 is 1.46 bits per heavy atom. The second-order valence-corrected chi connectivity index (χ2v) is 5.74. The highest BCUT2D eigenvalue weighted by Crippen LogP contribution is 2.30. The normalized spacial score (nSPS) is 10.5. The third-order valence-corrected chi connectivity index (χ3v) is 2.79. The SMILES string of the molecule is Cc1cc(C(Br)Br)ccc1C(=O)O. The second kappa shape index (κ2) is 4.24. The van der Waals surface area contributed by atoms with Crippen molar-refractivity contribution >= 4 is 37.8 Å². The average Bonchev–Trinajstić information content (AvgIpc) is 2.03. The third kappa shape index (κ3) is 2.54. The van der Waals surface area contributed by atoms with Crippen molar-refractivity contribution in [2.75, 3.05) is 0 Å². The Hall–Kier alpha value is -0.350. The summed E-state index contributed by atoms with van der Waals surface area (Å²) in [6.07, 6.45) is 0. The molecule has 0 amide bonds. The first-order chi connectivity index (χ1) is 6.02. The Balaban J connectivity index is 3.13. The van der Waals surface area contributed by atoms with Crippen LogP contribution < -0.4 is 0 Å². The molecule has 0 spiro atoms. The lowest BCUT2D eigenvalue weighted by Crippen LogP contribution is -1.99. The summed E-state index contributed by atoms with van der Waals surface area (Å²) < 4.78 is 0.0709. The molecule has 0 bridgehead atoms. The Morgan fingerprint density at radius 3 is 2.46 bits per heavy atom. The summed E-state index contributed by atoms with van der Waals surface area (Å²) in [6, 6.07) is 5.24. The number of rotatable bonds is 2. The van der Waals surface area contributed by atoms with Crippen LogP contribution in [0.3, 0.4) is 0 Å². The minimum absolute atomic E-state index is 0.0709. The topological polar surface area (TPSA) is 37.3 Å². The van der Waals surface area contributed by atoms with Gasteiger partial charge in [0.15, 0.2) is 0 Å². The van der Waals surface area contributed by atoms with Crippen LogP contribution in [0.15, 0.2) is 18.2 Å². The van der Waals surface area contributed by atoms with Gasteiger partial charge in [-0.25, -0.2) is 4.79 Å². The van der Waals surface area contributed by atoms with Crippen LogP contribution in [-0.4, -0.2) is 11.1 Å². The minimum Gasteiger partial charge on any atom is -0.478 e. The van der Waals surface area contributed by atoms with Crippen molar-refractivity contribution in [1.29, 1.82) is 0 Å². The van der Waals surface area contributed by atoms with E-state index in [1.54, 1.807) is 19.1 Å². The van der Waals surface area contributed by atoms with Crippen LogP contribution in [0, 0.1) is 6.92 Å². The molecular formula is C9H8Br2O2. The summed E-state index contributed by atoms with van der Waals surface area (Å²) in [5, 5.41) is 8.77. The van der Waals surface area contributed by atoms with Crippen LogP contribution in [0.1, 0.15) is 25.2 Å². The summed E-state index contributed by atoms with van der Waals surface area (Å²) in [6.45, 7) is 1.79. The predicted molar refractivity (Wildman–Crippen MR) is 58.7 cm³/mol. The van der Waals surface area contributed by atoms with Crippen LogP contribution in [-0.2, 0) is 0 Å². The molecule has 0 fully saturated rings. The summed E-state index contributed by atoms with van der Waals surface area (Å²) in [4.78, 5) is 10.7. The van der Waals surface area contributed by atoms with Crippen LogP contribution in [0.4, 0.5) is 0 Å². The molecule has 2 nitrogen and oxygen atoms in total. The van der Waals surface area contributed by atoms with Gasteiger partial charge in [-0.05, 0) is 24.1 Å². The van der Waals surface area contributed by atoms with E-state index in [4.69, 9.17) is 5.11 Å². The Morgan fingerprint density at radius 2 is 2.08 bits per heavy atom. The second-order valence-electron chi connectivity index (χ2n) is 2.68. The highest BCUT2D eigenvalue weighted by Gasteiger charge is 2.09. The van der Waals surface area contributed by atoms with Gasteiger partial charge in [-0.15, -0.1) is 0 Å². The number of carboxylic acids is 1. The van der Waals surface area contributed by atoms with E-state index >= 15 is 0 Å². The first-order valence-electron chi connectivity index (χ1n) is 3.64. The monoisotopic (exact) mass is 306 g/mol. The first kappa shape index (κ1) is 10.7. The van der Waals surface area contributed by atoms with Crippen molar-refractivity contribution in [2.45, 2.75) is 10.7 Å². The quantitative estimate of drug-likeness (QED) is 0.849. The van der Waals surface area contributed by atoms with Crippen LogP contribution in [0.5, 0.6) is 0 Å². The first-order valence-corrected chi connectivity index (χ1v) is 5.47. The molecule has 13 heavy (non-hydrogen) atoms. The molecule has 0 aliphatic heterocycles. The number of hydrogen-bond donors (Lipinski definition) is 1. The minimum atomic E-state index is -0.884. The maximum atomic E-state index is 10.7. The number of carbonyl (C=O) groups is 1. The average molecular weight is 308 g/mol. The molecule has 4 heteroatoms. The Labute approximate surface area is 93.2 Å². The van der Waals surface area contributed by atoms with Gasteiger partial charge >= 0.3 is 5.97 Å². The molecule has 0 aliphatic rings. The number of benzene rings is 1. The molecule has 0 aromatic heterocycles. The fraction of sp³-hybridized carbons (Fsp3) is 0.222. The molecule has 1 N–H and O–H groups in total. The van der Waals surface area contributed by atoms with E-state index in [0.29, 0.717) is 5.56 Å². The van der Waals surface area contributed by atoms with E-state index in [1.165, 1.54) is 0 Å².